The van der Waals surface area contributed by atoms with Gasteiger partial charge in [0.1, 0.15) is 0 Å². The van der Waals surface area contributed by atoms with Gasteiger partial charge in [-0.15, -0.1) is 0 Å². The van der Waals surface area contributed by atoms with Gasteiger partial charge in [0, 0.05) is 23.6 Å². The lowest BCUT2D eigenvalue weighted by atomic mass is 9.86. The van der Waals surface area contributed by atoms with E-state index in [2.05, 4.69) is 72.0 Å². The van der Waals surface area contributed by atoms with Gasteiger partial charge in [0.05, 0.1) is 5.69 Å². The molecule has 0 aromatic heterocycles. The highest BCUT2D eigenvalue weighted by atomic mass is 79.9. The number of aryl methyl sites for hydroxylation is 1. The molecule has 106 valence electrons. The summed E-state index contributed by atoms with van der Waals surface area (Å²) in [6, 6.07) is 7.14. The first-order valence-corrected chi connectivity index (χ1v) is 7.92. The van der Waals surface area contributed by atoms with E-state index in [9.17, 15) is 0 Å². The summed E-state index contributed by atoms with van der Waals surface area (Å²) in [5.41, 5.74) is 2.94. The summed E-state index contributed by atoms with van der Waals surface area (Å²) >= 11 is 3.70. The van der Waals surface area contributed by atoms with E-state index in [0.29, 0.717) is 11.5 Å². The lowest BCUT2D eigenvalue weighted by Crippen LogP contribution is -2.46. The molecule has 2 rings (SSSR count). The summed E-state index contributed by atoms with van der Waals surface area (Å²) in [4.78, 5) is 2.52. The normalized spacial score (nSPS) is 21.3. The first kappa shape index (κ1) is 14.9. The van der Waals surface area contributed by atoms with Crippen LogP contribution in [-0.4, -0.2) is 25.7 Å². The molecule has 1 aliphatic heterocycles. The monoisotopic (exact) mass is 324 g/mol. The fourth-order valence-electron chi connectivity index (χ4n) is 2.59. The molecule has 1 fully saturated rings. The van der Waals surface area contributed by atoms with Crippen molar-refractivity contribution in [3.63, 3.8) is 0 Å². The Labute approximate surface area is 125 Å². The van der Waals surface area contributed by atoms with Crippen LogP contribution in [0.1, 0.15) is 32.8 Å². The highest BCUT2D eigenvalue weighted by Crippen LogP contribution is 2.30. The van der Waals surface area contributed by atoms with Gasteiger partial charge < -0.3 is 10.2 Å². The SMILES string of the molecule is Cc1ccc(Br)c(N2CCCNC(C(C)(C)C)C2)c1. The van der Waals surface area contributed by atoms with Gasteiger partial charge in [-0.2, -0.15) is 0 Å². The minimum atomic E-state index is 0.291. The highest BCUT2D eigenvalue weighted by Gasteiger charge is 2.28. The van der Waals surface area contributed by atoms with Crippen LogP contribution in [0.3, 0.4) is 0 Å². The molecule has 1 heterocycles. The van der Waals surface area contributed by atoms with Crippen molar-refractivity contribution in [2.24, 2.45) is 5.41 Å². The zero-order valence-electron chi connectivity index (χ0n) is 12.5. The number of hydrogen-bond acceptors (Lipinski definition) is 2. The van der Waals surface area contributed by atoms with Crippen molar-refractivity contribution in [2.45, 2.75) is 40.2 Å². The maximum atomic E-state index is 3.70. The van der Waals surface area contributed by atoms with Crippen LogP contribution in [0.5, 0.6) is 0 Å². The molecule has 1 unspecified atom stereocenters. The first-order chi connectivity index (χ1) is 8.88. The average molecular weight is 325 g/mol. The van der Waals surface area contributed by atoms with Gasteiger partial charge >= 0.3 is 0 Å². The van der Waals surface area contributed by atoms with E-state index in [1.165, 1.54) is 22.1 Å². The molecule has 2 nitrogen and oxygen atoms in total. The van der Waals surface area contributed by atoms with E-state index in [0.717, 1.165) is 19.6 Å². The van der Waals surface area contributed by atoms with E-state index in [-0.39, 0.29) is 0 Å². The molecule has 1 atom stereocenters. The summed E-state index contributed by atoms with van der Waals surface area (Å²) in [7, 11) is 0. The lowest BCUT2D eigenvalue weighted by Gasteiger charge is -2.35. The van der Waals surface area contributed by atoms with Crippen LogP contribution in [-0.2, 0) is 0 Å². The van der Waals surface area contributed by atoms with E-state index < -0.39 is 0 Å². The zero-order valence-corrected chi connectivity index (χ0v) is 14.0. The third-order valence-corrected chi connectivity index (χ3v) is 4.56. The first-order valence-electron chi connectivity index (χ1n) is 7.12. The van der Waals surface area contributed by atoms with Crippen molar-refractivity contribution in [3.05, 3.63) is 28.2 Å². The fraction of sp³-hybridized carbons (Fsp3) is 0.625. The average Bonchev–Trinajstić information content (AvgIpc) is 2.57. The molecule has 1 aromatic rings. The number of rotatable bonds is 1. The third kappa shape index (κ3) is 3.73. The second-order valence-electron chi connectivity index (χ2n) is 6.63. The molecule has 1 saturated heterocycles. The van der Waals surface area contributed by atoms with Gasteiger partial charge in [-0.25, -0.2) is 0 Å². The van der Waals surface area contributed by atoms with Crippen LogP contribution in [0.4, 0.5) is 5.69 Å². The predicted molar refractivity (Wildman–Crippen MR) is 87.0 cm³/mol. The molecular weight excluding hydrogens is 300 g/mol. The Morgan fingerprint density at radius 1 is 1.32 bits per heavy atom. The molecule has 1 N–H and O–H groups in total. The fourth-order valence-corrected chi connectivity index (χ4v) is 3.08. The topological polar surface area (TPSA) is 15.3 Å². The van der Waals surface area contributed by atoms with Crippen molar-refractivity contribution in [2.75, 3.05) is 24.5 Å². The molecule has 19 heavy (non-hydrogen) atoms. The third-order valence-electron chi connectivity index (χ3n) is 3.89. The van der Waals surface area contributed by atoms with E-state index in [1.54, 1.807) is 0 Å². The van der Waals surface area contributed by atoms with Gasteiger partial charge in [-0.1, -0.05) is 26.8 Å². The number of anilines is 1. The van der Waals surface area contributed by atoms with Gasteiger partial charge in [0.25, 0.3) is 0 Å². The quantitative estimate of drug-likeness (QED) is 0.840. The largest absolute Gasteiger partial charge is 0.369 e. The van der Waals surface area contributed by atoms with E-state index in [1.807, 2.05) is 0 Å². The van der Waals surface area contributed by atoms with Crippen LogP contribution in [0, 0.1) is 12.3 Å². The Morgan fingerprint density at radius 2 is 2.05 bits per heavy atom. The maximum absolute atomic E-state index is 3.70. The van der Waals surface area contributed by atoms with Gasteiger partial charge in [-0.3, -0.25) is 0 Å². The molecule has 0 radical (unpaired) electrons. The summed E-state index contributed by atoms with van der Waals surface area (Å²) in [5.74, 6) is 0. The van der Waals surface area contributed by atoms with Crippen molar-refractivity contribution >= 4 is 21.6 Å². The van der Waals surface area contributed by atoms with E-state index in [4.69, 9.17) is 0 Å². The Hall–Kier alpha value is -0.540. The summed E-state index contributed by atoms with van der Waals surface area (Å²) in [6.07, 6.45) is 1.20. The van der Waals surface area contributed by atoms with Gasteiger partial charge in [0.15, 0.2) is 0 Å². The molecule has 0 saturated carbocycles. The molecule has 0 amide bonds. The molecule has 1 aromatic carbocycles. The standard InChI is InChI=1S/C16H25BrN2/c1-12-6-7-13(17)14(10-12)19-9-5-8-18-15(11-19)16(2,3)4/h6-7,10,15,18H,5,8-9,11H2,1-4H3. The van der Waals surface area contributed by atoms with Crippen molar-refractivity contribution < 1.29 is 0 Å². The Bertz CT molecular complexity index is 437. The summed E-state index contributed by atoms with van der Waals surface area (Å²) in [6.45, 7) is 12.4. The van der Waals surface area contributed by atoms with Gasteiger partial charge in [-0.05, 0) is 58.9 Å². The molecular formula is C16H25BrN2. The van der Waals surface area contributed by atoms with Gasteiger partial charge in [0.2, 0.25) is 0 Å². The van der Waals surface area contributed by atoms with Crippen LogP contribution >= 0.6 is 15.9 Å². The van der Waals surface area contributed by atoms with Crippen LogP contribution < -0.4 is 10.2 Å². The number of nitrogens with one attached hydrogen (secondary N) is 1. The number of halogens is 1. The Morgan fingerprint density at radius 3 is 2.74 bits per heavy atom. The highest BCUT2D eigenvalue weighted by molar-refractivity contribution is 9.10. The summed E-state index contributed by atoms with van der Waals surface area (Å²) in [5, 5.41) is 3.70. The summed E-state index contributed by atoms with van der Waals surface area (Å²) < 4.78 is 1.20. The Kier molecular flexibility index (Phi) is 4.57. The smallest absolute Gasteiger partial charge is 0.0513 e. The van der Waals surface area contributed by atoms with E-state index >= 15 is 0 Å². The number of nitrogens with zero attached hydrogens (tertiary/aromatic N) is 1. The lowest BCUT2D eigenvalue weighted by molar-refractivity contribution is 0.280. The maximum Gasteiger partial charge on any atom is 0.0513 e. The second-order valence-corrected chi connectivity index (χ2v) is 7.48. The predicted octanol–water partition coefficient (Wildman–Crippen LogP) is 3.97. The number of benzene rings is 1. The minimum absolute atomic E-state index is 0.291. The second kappa shape index (κ2) is 5.84. The van der Waals surface area contributed by atoms with Crippen molar-refractivity contribution in [3.8, 4) is 0 Å². The van der Waals surface area contributed by atoms with Crippen molar-refractivity contribution in [1.29, 1.82) is 0 Å². The van der Waals surface area contributed by atoms with Crippen molar-refractivity contribution in [1.82, 2.24) is 5.32 Å². The van der Waals surface area contributed by atoms with Crippen LogP contribution in [0.15, 0.2) is 22.7 Å². The molecule has 3 heteroatoms. The number of hydrogen-bond donors (Lipinski definition) is 1. The van der Waals surface area contributed by atoms with Crippen LogP contribution in [0.2, 0.25) is 0 Å². The zero-order chi connectivity index (χ0) is 14.0. The molecule has 1 aliphatic rings. The van der Waals surface area contributed by atoms with Crippen LogP contribution in [0.25, 0.3) is 0 Å². The molecule has 0 bridgehead atoms. The Balaban J connectivity index is 2.25. The molecule has 0 aliphatic carbocycles. The minimum Gasteiger partial charge on any atom is -0.369 e. The molecule has 0 spiro atoms.